The molecule has 0 aromatic heterocycles. The van der Waals surface area contributed by atoms with Gasteiger partial charge in [0.2, 0.25) is 0 Å². The van der Waals surface area contributed by atoms with E-state index in [9.17, 15) is 4.79 Å². The average molecular weight is 248 g/mol. The lowest BCUT2D eigenvalue weighted by atomic mass is 9.65. The van der Waals surface area contributed by atoms with Crippen LogP contribution in [0.4, 0.5) is 4.79 Å². The molecule has 0 radical (unpaired) electrons. The Morgan fingerprint density at radius 3 is 2.44 bits per heavy atom. The number of fused-ring (bicyclic) bond motifs is 12. The molecule has 1 aliphatic heterocycles. The molecule has 5 fully saturated rings. The van der Waals surface area contributed by atoms with E-state index in [2.05, 4.69) is 6.92 Å². The van der Waals surface area contributed by atoms with Crippen molar-refractivity contribution in [3.05, 3.63) is 0 Å². The molecule has 5 rings (SSSR count). The van der Waals surface area contributed by atoms with E-state index in [1.807, 2.05) is 0 Å². The Hall–Kier alpha value is -0.730. The van der Waals surface area contributed by atoms with E-state index in [-0.39, 0.29) is 12.2 Å². The van der Waals surface area contributed by atoms with Crippen molar-refractivity contribution < 1.29 is 14.3 Å². The van der Waals surface area contributed by atoms with Crippen LogP contribution in [0.3, 0.4) is 0 Å². The van der Waals surface area contributed by atoms with Gasteiger partial charge in [-0.05, 0) is 48.9 Å². The van der Waals surface area contributed by atoms with Crippen LogP contribution in [0, 0.1) is 41.4 Å². The SMILES string of the molecule is CCC1CC2CC1C1C3CC(C4OC(=O)OC34)C21. The molecule has 0 aromatic rings. The highest BCUT2D eigenvalue weighted by Gasteiger charge is 2.70. The van der Waals surface area contributed by atoms with Gasteiger partial charge in [-0.1, -0.05) is 13.3 Å². The maximum absolute atomic E-state index is 11.3. The maximum Gasteiger partial charge on any atom is 0.509 e. The highest BCUT2D eigenvalue weighted by atomic mass is 16.8. The molecule has 3 heteroatoms. The third kappa shape index (κ3) is 0.948. The van der Waals surface area contributed by atoms with E-state index in [4.69, 9.17) is 9.47 Å². The van der Waals surface area contributed by atoms with Gasteiger partial charge in [0.05, 0.1) is 0 Å². The lowest BCUT2D eigenvalue weighted by Gasteiger charge is -2.41. The van der Waals surface area contributed by atoms with Crippen molar-refractivity contribution >= 4 is 6.16 Å². The fourth-order valence-electron chi connectivity index (χ4n) is 6.68. The Morgan fingerprint density at radius 1 is 1.00 bits per heavy atom. The molecule has 0 spiro atoms. The number of hydrogen-bond acceptors (Lipinski definition) is 3. The molecule has 18 heavy (non-hydrogen) atoms. The first kappa shape index (κ1) is 10.1. The number of hydrogen-bond donors (Lipinski definition) is 0. The highest BCUT2D eigenvalue weighted by Crippen LogP contribution is 2.70. The van der Waals surface area contributed by atoms with Gasteiger partial charge < -0.3 is 9.47 Å². The molecule has 98 valence electrons. The van der Waals surface area contributed by atoms with Crippen molar-refractivity contribution in [3.8, 4) is 0 Å². The fourth-order valence-corrected chi connectivity index (χ4v) is 6.68. The van der Waals surface area contributed by atoms with Crippen LogP contribution in [-0.2, 0) is 9.47 Å². The third-order valence-corrected chi connectivity index (χ3v) is 6.96. The molecular formula is C15H20O3. The van der Waals surface area contributed by atoms with E-state index in [0.29, 0.717) is 11.8 Å². The fraction of sp³-hybridized carbons (Fsp3) is 0.933. The minimum atomic E-state index is -0.404. The zero-order valence-corrected chi connectivity index (χ0v) is 10.7. The minimum Gasteiger partial charge on any atom is -0.427 e. The molecule has 3 nitrogen and oxygen atoms in total. The van der Waals surface area contributed by atoms with Gasteiger partial charge in [0.15, 0.2) is 0 Å². The topological polar surface area (TPSA) is 35.5 Å². The largest absolute Gasteiger partial charge is 0.509 e. The lowest BCUT2D eigenvalue weighted by molar-refractivity contribution is -0.00514. The van der Waals surface area contributed by atoms with Gasteiger partial charge in [-0.2, -0.15) is 0 Å². The summed E-state index contributed by atoms with van der Waals surface area (Å²) in [6.45, 7) is 2.34. The second kappa shape index (κ2) is 3.05. The molecule has 4 bridgehead atoms. The zero-order valence-electron chi connectivity index (χ0n) is 10.7. The predicted molar refractivity (Wildman–Crippen MR) is 63.7 cm³/mol. The lowest BCUT2D eigenvalue weighted by Crippen LogP contribution is -2.44. The second-order valence-electron chi connectivity index (χ2n) is 7.20. The Kier molecular flexibility index (Phi) is 1.71. The maximum atomic E-state index is 11.3. The first-order valence-corrected chi connectivity index (χ1v) is 7.65. The normalized spacial score (nSPS) is 62.7. The van der Waals surface area contributed by atoms with Crippen LogP contribution in [0.15, 0.2) is 0 Å². The second-order valence-corrected chi connectivity index (χ2v) is 7.20. The first-order valence-electron chi connectivity index (χ1n) is 7.65. The standard InChI is InChI=1S/C15H20O3/c1-2-6-3-7-4-8(6)12-10-5-9(11(7)12)13-14(10)18-15(16)17-13/h6-14H,2-5H2,1H3. The summed E-state index contributed by atoms with van der Waals surface area (Å²) in [5, 5.41) is 0. The summed E-state index contributed by atoms with van der Waals surface area (Å²) in [6.07, 6.45) is 5.32. The van der Waals surface area contributed by atoms with Crippen molar-refractivity contribution in [2.45, 2.75) is 44.8 Å². The van der Waals surface area contributed by atoms with Crippen molar-refractivity contribution in [1.29, 1.82) is 0 Å². The Morgan fingerprint density at radius 2 is 1.72 bits per heavy atom. The molecule has 1 heterocycles. The van der Waals surface area contributed by atoms with Gasteiger partial charge in [-0.25, -0.2) is 4.79 Å². The molecule has 0 N–H and O–H groups in total. The van der Waals surface area contributed by atoms with Crippen LogP contribution in [0.25, 0.3) is 0 Å². The Bertz CT molecular complexity index is 420. The van der Waals surface area contributed by atoms with E-state index in [0.717, 1.165) is 29.6 Å². The molecule has 4 aliphatic carbocycles. The molecule has 0 aromatic carbocycles. The van der Waals surface area contributed by atoms with Crippen LogP contribution in [-0.4, -0.2) is 18.4 Å². The van der Waals surface area contributed by atoms with Crippen molar-refractivity contribution in [3.63, 3.8) is 0 Å². The van der Waals surface area contributed by atoms with Gasteiger partial charge >= 0.3 is 6.16 Å². The quantitative estimate of drug-likeness (QED) is 0.529. The summed E-state index contributed by atoms with van der Waals surface area (Å²) in [5.74, 6) is 5.78. The molecule has 5 aliphatic rings. The number of carbonyl (C=O) groups is 1. The number of carbonyl (C=O) groups excluding carboxylic acids is 1. The summed E-state index contributed by atoms with van der Waals surface area (Å²) >= 11 is 0. The summed E-state index contributed by atoms with van der Waals surface area (Å²) in [5.41, 5.74) is 0. The molecule has 0 amide bonds. The summed E-state index contributed by atoms with van der Waals surface area (Å²) in [7, 11) is 0. The van der Waals surface area contributed by atoms with Crippen LogP contribution in [0.1, 0.15) is 32.6 Å². The van der Waals surface area contributed by atoms with E-state index in [1.54, 1.807) is 0 Å². The van der Waals surface area contributed by atoms with E-state index in [1.165, 1.54) is 25.7 Å². The Balaban J connectivity index is 1.51. The van der Waals surface area contributed by atoms with Gasteiger partial charge in [0.1, 0.15) is 12.2 Å². The van der Waals surface area contributed by atoms with Crippen molar-refractivity contribution in [2.75, 3.05) is 0 Å². The Labute approximate surface area is 107 Å². The molecular weight excluding hydrogens is 228 g/mol. The minimum absolute atomic E-state index is 0.112. The first-order chi connectivity index (χ1) is 8.78. The molecule has 9 unspecified atom stereocenters. The van der Waals surface area contributed by atoms with Crippen LogP contribution >= 0.6 is 0 Å². The monoisotopic (exact) mass is 248 g/mol. The number of ether oxygens (including phenoxy) is 2. The summed E-state index contributed by atoms with van der Waals surface area (Å²) in [6, 6.07) is 0. The van der Waals surface area contributed by atoms with Crippen LogP contribution in [0.2, 0.25) is 0 Å². The van der Waals surface area contributed by atoms with Gasteiger partial charge in [0.25, 0.3) is 0 Å². The van der Waals surface area contributed by atoms with Crippen LogP contribution in [0.5, 0.6) is 0 Å². The highest BCUT2D eigenvalue weighted by molar-refractivity contribution is 5.63. The smallest absolute Gasteiger partial charge is 0.427 e. The predicted octanol–water partition coefficient (Wildman–Crippen LogP) is 2.84. The number of rotatable bonds is 1. The molecule has 4 saturated carbocycles. The third-order valence-electron chi connectivity index (χ3n) is 6.96. The van der Waals surface area contributed by atoms with Gasteiger partial charge in [0, 0.05) is 11.8 Å². The molecule has 1 saturated heterocycles. The van der Waals surface area contributed by atoms with Gasteiger partial charge in [-0.3, -0.25) is 0 Å². The van der Waals surface area contributed by atoms with E-state index >= 15 is 0 Å². The summed E-state index contributed by atoms with van der Waals surface area (Å²) in [4.78, 5) is 11.3. The average Bonchev–Trinajstić information content (AvgIpc) is 3.08. The zero-order chi connectivity index (χ0) is 12.0. The van der Waals surface area contributed by atoms with E-state index < -0.39 is 6.16 Å². The van der Waals surface area contributed by atoms with Crippen LogP contribution < -0.4 is 0 Å². The molecule has 9 atom stereocenters. The summed E-state index contributed by atoms with van der Waals surface area (Å²) < 4.78 is 10.9. The van der Waals surface area contributed by atoms with Gasteiger partial charge in [-0.15, -0.1) is 0 Å². The van der Waals surface area contributed by atoms with Crippen molar-refractivity contribution in [2.24, 2.45) is 41.4 Å². The van der Waals surface area contributed by atoms with Crippen molar-refractivity contribution in [1.82, 2.24) is 0 Å².